The first kappa shape index (κ1) is 14.3. The molecule has 0 amide bonds. The summed E-state index contributed by atoms with van der Waals surface area (Å²) < 4.78 is 12.8. The zero-order valence-electron chi connectivity index (χ0n) is 10.3. The summed E-state index contributed by atoms with van der Waals surface area (Å²) in [6, 6.07) is 11.6. The first-order valence-electron chi connectivity index (χ1n) is 5.80. The highest BCUT2D eigenvalue weighted by Crippen LogP contribution is 2.23. The average molecular weight is 289 g/mol. The smallest absolute Gasteiger partial charge is 0.173 e. The van der Waals surface area contributed by atoms with Crippen LogP contribution in [0.2, 0.25) is 0 Å². The van der Waals surface area contributed by atoms with Gasteiger partial charge in [0.05, 0.1) is 11.7 Å². The van der Waals surface area contributed by atoms with Crippen LogP contribution in [0.5, 0.6) is 0 Å². The predicted octanol–water partition coefficient (Wildman–Crippen LogP) is 2.16. The lowest BCUT2D eigenvalue weighted by molar-refractivity contribution is -0.255. The number of hydrogen-bond donors (Lipinski definition) is 0. The first-order valence-corrected chi connectivity index (χ1v) is 6.78. The molecule has 0 atom stereocenters. The quantitative estimate of drug-likeness (QED) is 0.625. The number of thioether (sulfide) groups is 1. The molecule has 0 aliphatic carbocycles. The van der Waals surface area contributed by atoms with Crippen molar-refractivity contribution in [3.8, 4) is 0 Å². The largest absolute Gasteiger partial charge is 0.545 e. The Kier molecular flexibility index (Phi) is 4.53. The molecule has 2 aromatic rings. The van der Waals surface area contributed by atoms with Crippen molar-refractivity contribution in [2.75, 3.05) is 5.75 Å². The molecule has 5 heteroatoms. The van der Waals surface area contributed by atoms with Crippen molar-refractivity contribution in [1.29, 1.82) is 0 Å². The number of halogens is 1. The van der Waals surface area contributed by atoms with Crippen molar-refractivity contribution in [1.82, 2.24) is 0 Å². The van der Waals surface area contributed by atoms with E-state index in [9.17, 15) is 19.1 Å². The lowest BCUT2D eigenvalue weighted by atomic mass is 10.1. The van der Waals surface area contributed by atoms with Gasteiger partial charge in [0, 0.05) is 16.0 Å². The Morgan fingerprint density at radius 1 is 1.05 bits per heavy atom. The minimum absolute atomic E-state index is 0.0596. The summed E-state index contributed by atoms with van der Waals surface area (Å²) in [5.74, 6) is -1.79. The third-order valence-electron chi connectivity index (χ3n) is 2.63. The lowest BCUT2D eigenvalue weighted by Gasteiger charge is -2.09. The summed E-state index contributed by atoms with van der Waals surface area (Å²) in [5.41, 5.74) is 0.453. The van der Waals surface area contributed by atoms with E-state index < -0.39 is 11.8 Å². The first-order chi connectivity index (χ1) is 9.58. The highest BCUT2D eigenvalue weighted by atomic mass is 32.2. The molecule has 102 valence electrons. The van der Waals surface area contributed by atoms with Crippen LogP contribution in [0.25, 0.3) is 0 Å². The van der Waals surface area contributed by atoms with Crippen molar-refractivity contribution in [2.45, 2.75) is 4.90 Å². The van der Waals surface area contributed by atoms with Crippen LogP contribution < -0.4 is 5.11 Å². The molecule has 0 unspecified atom stereocenters. The molecule has 0 N–H and O–H groups in total. The summed E-state index contributed by atoms with van der Waals surface area (Å²) >= 11 is 1.12. The number of benzene rings is 2. The molecular weight excluding hydrogens is 279 g/mol. The van der Waals surface area contributed by atoms with E-state index in [0.29, 0.717) is 10.5 Å². The van der Waals surface area contributed by atoms with E-state index in [1.54, 1.807) is 18.2 Å². The van der Waals surface area contributed by atoms with Crippen molar-refractivity contribution in [3.63, 3.8) is 0 Å². The van der Waals surface area contributed by atoms with Gasteiger partial charge in [-0.15, -0.1) is 11.8 Å². The monoisotopic (exact) mass is 289 g/mol. The Morgan fingerprint density at radius 3 is 2.35 bits per heavy atom. The van der Waals surface area contributed by atoms with Gasteiger partial charge in [0.2, 0.25) is 0 Å². The molecule has 0 heterocycles. The Balaban J connectivity index is 2.07. The Labute approximate surface area is 119 Å². The Bertz CT molecular complexity index is 638. The van der Waals surface area contributed by atoms with Crippen LogP contribution in [0.15, 0.2) is 53.4 Å². The molecule has 0 aliphatic rings. The highest BCUT2D eigenvalue weighted by Gasteiger charge is 2.09. The second-order valence-corrected chi connectivity index (χ2v) is 5.02. The number of aromatic carboxylic acids is 1. The summed E-state index contributed by atoms with van der Waals surface area (Å²) in [6.07, 6.45) is 0. The molecule has 0 radical (unpaired) electrons. The lowest BCUT2D eigenvalue weighted by Crippen LogP contribution is -2.23. The van der Waals surface area contributed by atoms with Crippen molar-refractivity contribution >= 4 is 23.5 Å². The van der Waals surface area contributed by atoms with E-state index >= 15 is 0 Å². The van der Waals surface area contributed by atoms with Gasteiger partial charge in [0.15, 0.2) is 5.78 Å². The number of carboxylic acids is 1. The molecule has 0 saturated carbocycles. The predicted molar refractivity (Wildman–Crippen MR) is 72.2 cm³/mol. The minimum atomic E-state index is -1.28. The zero-order valence-corrected chi connectivity index (χ0v) is 11.2. The number of rotatable bonds is 5. The van der Waals surface area contributed by atoms with Crippen molar-refractivity contribution < 1.29 is 19.1 Å². The van der Waals surface area contributed by atoms with E-state index in [1.165, 1.54) is 30.3 Å². The van der Waals surface area contributed by atoms with Gasteiger partial charge >= 0.3 is 0 Å². The molecule has 0 spiro atoms. The third-order valence-corrected chi connectivity index (χ3v) is 3.71. The Morgan fingerprint density at radius 2 is 1.70 bits per heavy atom. The fourth-order valence-corrected chi connectivity index (χ4v) is 2.56. The van der Waals surface area contributed by atoms with Crippen LogP contribution in [0.3, 0.4) is 0 Å². The summed E-state index contributed by atoms with van der Waals surface area (Å²) in [7, 11) is 0. The maximum atomic E-state index is 12.8. The number of ketones is 1. The van der Waals surface area contributed by atoms with Gasteiger partial charge in [-0.2, -0.15) is 0 Å². The summed E-state index contributed by atoms with van der Waals surface area (Å²) in [5, 5.41) is 10.9. The van der Waals surface area contributed by atoms with Gasteiger partial charge in [-0.1, -0.05) is 18.2 Å². The normalized spacial score (nSPS) is 10.2. The number of Topliss-reactive ketones (excluding diaryl/α,β-unsaturated/α-hetero) is 1. The third kappa shape index (κ3) is 3.45. The Hall–Kier alpha value is -2.14. The number of carbonyl (C=O) groups excluding carboxylic acids is 2. The number of carbonyl (C=O) groups is 2. The van der Waals surface area contributed by atoms with Crippen LogP contribution in [-0.4, -0.2) is 17.5 Å². The van der Waals surface area contributed by atoms with Gasteiger partial charge in [0.25, 0.3) is 0 Å². The molecule has 0 aromatic heterocycles. The van der Waals surface area contributed by atoms with E-state index in [0.717, 1.165) is 11.8 Å². The number of hydrogen-bond acceptors (Lipinski definition) is 4. The minimum Gasteiger partial charge on any atom is -0.545 e. The highest BCUT2D eigenvalue weighted by molar-refractivity contribution is 8.00. The van der Waals surface area contributed by atoms with Crippen molar-refractivity contribution in [3.05, 3.63) is 65.5 Å². The second kappa shape index (κ2) is 6.34. The van der Waals surface area contributed by atoms with Gasteiger partial charge in [-0.25, -0.2) is 4.39 Å². The molecule has 0 saturated heterocycles. The second-order valence-electron chi connectivity index (χ2n) is 4.00. The topological polar surface area (TPSA) is 57.2 Å². The maximum Gasteiger partial charge on any atom is 0.173 e. The summed E-state index contributed by atoms with van der Waals surface area (Å²) in [6.45, 7) is 0. The van der Waals surface area contributed by atoms with Gasteiger partial charge in [-0.3, -0.25) is 4.79 Å². The maximum absolute atomic E-state index is 12.8. The van der Waals surface area contributed by atoms with Gasteiger partial charge in [-0.05, 0) is 30.3 Å². The molecule has 0 fully saturated rings. The fourth-order valence-electron chi connectivity index (χ4n) is 1.62. The fraction of sp³-hybridized carbons (Fsp3) is 0.0667. The van der Waals surface area contributed by atoms with E-state index in [-0.39, 0.29) is 17.1 Å². The van der Waals surface area contributed by atoms with Crippen LogP contribution in [0.1, 0.15) is 20.7 Å². The SMILES string of the molecule is O=C(CSc1ccccc1C(=O)[O-])c1ccc(F)cc1. The molecular formula is C15H10FO3S-. The van der Waals surface area contributed by atoms with Crippen molar-refractivity contribution in [2.24, 2.45) is 0 Å². The zero-order chi connectivity index (χ0) is 14.5. The van der Waals surface area contributed by atoms with E-state index in [4.69, 9.17) is 0 Å². The van der Waals surface area contributed by atoms with Crippen LogP contribution >= 0.6 is 11.8 Å². The number of carboxylic acid groups (broad SMARTS) is 1. The molecule has 0 bridgehead atoms. The van der Waals surface area contributed by atoms with E-state index in [2.05, 4.69) is 0 Å². The van der Waals surface area contributed by atoms with Gasteiger partial charge < -0.3 is 9.90 Å². The van der Waals surface area contributed by atoms with Gasteiger partial charge in [0.1, 0.15) is 5.82 Å². The van der Waals surface area contributed by atoms with Crippen LogP contribution in [-0.2, 0) is 0 Å². The molecule has 2 aromatic carbocycles. The molecule has 0 aliphatic heterocycles. The van der Waals surface area contributed by atoms with E-state index in [1.807, 2.05) is 0 Å². The van der Waals surface area contributed by atoms with Crippen LogP contribution in [0, 0.1) is 5.82 Å². The average Bonchev–Trinajstić information content (AvgIpc) is 2.45. The summed E-state index contributed by atoms with van der Waals surface area (Å²) in [4.78, 5) is 23.3. The standard InChI is InChI=1S/C15H11FO3S/c16-11-7-5-10(6-8-11)13(17)9-20-14-4-2-1-3-12(14)15(18)19/h1-8H,9H2,(H,18,19)/p-1. The molecule has 3 nitrogen and oxygen atoms in total. The van der Waals surface area contributed by atoms with Crippen LogP contribution in [0.4, 0.5) is 4.39 Å². The molecule has 2 rings (SSSR count). The molecule has 20 heavy (non-hydrogen) atoms.